The van der Waals surface area contributed by atoms with Crippen LogP contribution in [0.5, 0.6) is 11.5 Å². The van der Waals surface area contributed by atoms with Crippen LogP contribution >= 0.6 is 0 Å². The predicted molar refractivity (Wildman–Crippen MR) is 76.3 cm³/mol. The molecule has 0 amide bonds. The molecule has 0 spiro atoms. The van der Waals surface area contributed by atoms with Gasteiger partial charge < -0.3 is 9.47 Å². The van der Waals surface area contributed by atoms with Gasteiger partial charge in [-0.25, -0.2) is 0 Å². The summed E-state index contributed by atoms with van der Waals surface area (Å²) in [4.78, 5) is 0. The highest BCUT2D eigenvalue weighted by atomic mass is 16.5. The number of hydrogen-bond acceptors (Lipinski definition) is 2. The lowest BCUT2D eigenvalue weighted by Gasteiger charge is -2.21. The quantitative estimate of drug-likeness (QED) is 0.752. The van der Waals surface area contributed by atoms with E-state index in [2.05, 4.69) is 36.4 Å². The third-order valence-electron chi connectivity index (χ3n) is 4.43. The maximum absolute atomic E-state index is 5.73. The zero-order chi connectivity index (χ0) is 13.0. The Kier molecular flexibility index (Phi) is 2.16. The summed E-state index contributed by atoms with van der Waals surface area (Å²) in [5.41, 5.74) is 2.68. The van der Waals surface area contributed by atoms with Gasteiger partial charge in [-0.2, -0.15) is 0 Å². The van der Waals surface area contributed by atoms with Gasteiger partial charge in [0.15, 0.2) is 0 Å². The van der Waals surface area contributed by atoms with Crippen LogP contribution in [0, 0.1) is 0 Å². The Hall–Kier alpha value is -1.96. The molecule has 96 valence electrons. The van der Waals surface area contributed by atoms with E-state index in [-0.39, 0.29) is 0 Å². The number of rotatable bonds is 2. The van der Waals surface area contributed by atoms with Crippen molar-refractivity contribution >= 4 is 10.8 Å². The molecule has 2 aromatic carbocycles. The summed E-state index contributed by atoms with van der Waals surface area (Å²) in [6.07, 6.45) is 5.78. The molecule has 2 aliphatic carbocycles. The second kappa shape index (κ2) is 3.77. The van der Waals surface area contributed by atoms with Crippen LogP contribution in [0.2, 0.25) is 0 Å². The molecule has 2 atom stereocenters. The van der Waals surface area contributed by atoms with E-state index in [9.17, 15) is 0 Å². The van der Waals surface area contributed by atoms with Gasteiger partial charge in [-0.1, -0.05) is 36.4 Å². The lowest BCUT2D eigenvalue weighted by atomic mass is 9.91. The zero-order valence-electron chi connectivity index (χ0n) is 11.1. The first-order valence-corrected chi connectivity index (χ1v) is 6.70. The minimum atomic E-state index is 0.494. The normalized spacial score (nSPS) is 22.8. The van der Waals surface area contributed by atoms with Crippen molar-refractivity contribution < 1.29 is 9.47 Å². The van der Waals surface area contributed by atoms with E-state index in [1.165, 1.54) is 17.5 Å². The Morgan fingerprint density at radius 3 is 1.74 bits per heavy atom. The molecular formula is C17H16O2. The van der Waals surface area contributed by atoms with E-state index < -0.39 is 0 Å². The van der Waals surface area contributed by atoms with Gasteiger partial charge in [-0.3, -0.25) is 0 Å². The second-order valence-electron chi connectivity index (χ2n) is 5.27. The van der Waals surface area contributed by atoms with Gasteiger partial charge in [0.2, 0.25) is 0 Å². The van der Waals surface area contributed by atoms with Gasteiger partial charge in [0, 0.05) is 33.7 Å². The van der Waals surface area contributed by atoms with Crippen LogP contribution in [0.3, 0.4) is 0 Å². The SMILES string of the molecule is COc1c2c(c(OC)c3ccccc13)[C@@H]1C=C[C@@H]2C1. The van der Waals surface area contributed by atoms with Gasteiger partial charge in [0.25, 0.3) is 0 Å². The van der Waals surface area contributed by atoms with Crippen molar-refractivity contribution in [1.29, 1.82) is 0 Å². The monoisotopic (exact) mass is 252 g/mol. The third kappa shape index (κ3) is 1.26. The zero-order valence-corrected chi connectivity index (χ0v) is 11.1. The van der Waals surface area contributed by atoms with Crippen LogP contribution in [-0.2, 0) is 0 Å². The molecule has 2 heteroatoms. The average molecular weight is 252 g/mol. The van der Waals surface area contributed by atoms with E-state index in [0.717, 1.165) is 22.3 Å². The molecule has 0 unspecified atom stereocenters. The summed E-state index contributed by atoms with van der Waals surface area (Å²) in [6.45, 7) is 0. The lowest BCUT2D eigenvalue weighted by molar-refractivity contribution is 0.404. The topological polar surface area (TPSA) is 18.5 Å². The molecule has 2 aromatic rings. The molecule has 2 nitrogen and oxygen atoms in total. The molecule has 0 fully saturated rings. The van der Waals surface area contributed by atoms with Gasteiger partial charge in [0.05, 0.1) is 14.2 Å². The number of hydrogen-bond donors (Lipinski definition) is 0. The van der Waals surface area contributed by atoms with Crippen molar-refractivity contribution in [2.75, 3.05) is 14.2 Å². The molecular weight excluding hydrogens is 236 g/mol. The van der Waals surface area contributed by atoms with Crippen molar-refractivity contribution in [3.05, 3.63) is 47.5 Å². The van der Waals surface area contributed by atoms with Gasteiger partial charge in [-0.05, 0) is 6.42 Å². The fraction of sp³-hybridized carbons (Fsp3) is 0.294. The Labute approximate surface area is 112 Å². The predicted octanol–water partition coefficient (Wildman–Crippen LogP) is 4.00. The smallest absolute Gasteiger partial charge is 0.131 e. The summed E-state index contributed by atoms with van der Waals surface area (Å²) in [7, 11) is 3.54. The second-order valence-corrected chi connectivity index (χ2v) is 5.27. The Morgan fingerprint density at radius 1 is 0.842 bits per heavy atom. The summed E-state index contributed by atoms with van der Waals surface area (Å²) >= 11 is 0. The number of fused-ring (bicyclic) bond motifs is 6. The minimum Gasteiger partial charge on any atom is -0.496 e. The first kappa shape index (κ1) is 10.9. The van der Waals surface area contributed by atoms with E-state index in [4.69, 9.17) is 9.47 Å². The van der Waals surface area contributed by atoms with Crippen molar-refractivity contribution in [3.63, 3.8) is 0 Å². The molecule has 0 radical (unpaired) electrons. The Balaban J connectivity index is 2.18. The number of allylic oxidation sites excluding steroid dienone is 2. The lowest BCUT2D eigenvalue weighted by Crippen LogP contribution is -2.02. The van der Waals surface area contributed by atoms with Crippen molar-refractivity contribution in [1.82, 2.24) is 0 Å². The molecule has 0 saturated carbocycles. The standard InChI is InChI=1S/C17H16O2/c1-18-16-12-5-3-4-6-13(12)17(19-2)15-11-8-7-10(9-11)14(15)16/h3-8,10-11H,9H2,1-2H3/t10-,11-/m1/s1. The van der Waals surface area contributed by atoms with E-state index in [1.807, 2.05) is 0 Å². The molecule has 2 bridgehead atoms. The number of benzene rings is 2. The van der Waals surface area contributed by atoms with E-state index in [0.29, 0.717) is 11.8 Å². The summed E-state index contributed by atoms with van der Waals surface area (Å²) in [6, 6.07) is 8.35. The van der Waals surface area contributed by atoms with Crippen LogP contribution in [0.4, 0.5) is 0 Å². The molecule has 0 saturated heterocycles. The van der Waals surface area contributed by atoms with E-state index in [1.54, 1.807) is 14.2 Å². The van der Waals surface area contributed by atoms with Crippen LogP contribution < -0.4 is 9.47 Å². The fourth-order valence-electron chi connectivity index (χ4n) is 3.72. The summed E-state index contributed by atoms with van der Waals surface area (Å²) in [5, 5.41) is 2.31. The third-order valence-corrected chi connectivity index (χ3v) is 4.43. The van der Waals surface area contributed by atoms with Crippen LogP contribution in [0.1, 0.15) is 29.4 Å². The van der Waals surface area contributed by atoms with Crippen molar-refractivity contribution in [2.45, 2.75) is 18.3 Å². The highest BCUT2D eigenvalue weighted by molar-refractivity contribution is 5.97. The van der Waals surface area contributed by atoms with Crippen LogP contribution in [0.15, 0.2) is 36.4 Å². The number of ether oxygens (including phenoxy) is 2. The molecule has 0 heterocycles. The maximum atomic E-state index is 5.73. The first-order valence-electron chi connectivity index (χ1n) is 6.70. The van der Waals surface area contributed by atoms with Gasteiger partial charge in [-0.15, -0.1) is 0 Å². The molecule has 4 rings (SSSR count). The largest absolute Gasteiger partial charge is 0.496 e. The van der Waals surface area contributed by atoms with E-state index >= 15 is 0 Å². The van der Waals surface area contributed by atoms with Crippen molar-refractivity contribution in [3.8, 4) is 11.5 Å². The van der Waals surface area contributed by atoms with Crippen LogP contribution in [0.25, 0.3) is 10.8 Å². The number of methoxy groups -OCH3 is 2. The van der Waals surface area contributed by atoms with Crippen LogP contribution in [-0.4, -0.2) is 14.2 Å². The molecule has 0 aliphatic heterocycles. The highest BCUT2D eigenvalue weighted by Crippen LogP contribution is 2.57. The fourth-order valence-corrected chi connectivity index (χ4v) is 3.72. The first-order chi connectivity index (χ1) is 9.35. The summed E-state index contributed by atoms with van der Waals surface area (Å²) < 4.78 is 11.5. The highest BCUT2D eigenvalue weighted by Gasteiger charge is 2.39. The Bertz CT molecular complexity index is 641. The Morgan fingerprint density at radius 2 is 1.32 bits per heavy atom. The molecule has 19 heavy (non-hydrogen) atoms. The van der Waals surface area contributed by atoms with Gasteiger partial charge in [0.1, 0.15) is 11.5 Å². The molecule has 0 aromatic heterocycles. The maximum Gasteiger partial charge on any atom is 0.131 e. The average Bonchev–Trinajstić information content (AvgIpc) is 3.06. The van der Waals surface area contributed by atoms with Crippen molar-refractivity contribution in [2.24, 2.45) is 0 Å². The van der Waals surface area contributed by atoms with Gasteiger partial charge >= 0.3 is 0 Å². The minimum absolute atomic E-state index is 0.494. The molecule has 2 aliphatic rings. The summed E-state index contributed by atoms with van der Waals surface area (Å²) in [5.74, 6) is 3.05. The molecule has 0 N–H and O–H groups in total.